The zero-order valence-electron chi connectivity index (χ0n) is 29.3. The van der Waals surface area contributed by atoms with Gasteiger partial charge in [-0.15, -0.1) is 34.5 Å². The number of thiazole rings is 1. The fourth-order valence-corrected chi connectivity index (χ4v) is 7.81. The van der Waals surface area contributed by atoms with Gasteiger partial charge in [0.15, 0.2) is 76.4 Å². The first-order chi connectivity index (χ1) is 29.0. The molecule has 324 valence electrons. The lowest BCUT2D eigenvalue weighted by Gasteiger charge is -2.44. The summed E-state index contributed by atoms with van der Waals surface area (Å²) in [5.74, 6) is -71.4. The van der Waals surface area contributed by atoms with Crippen LogP contribution in [0.1, 0.15) is 5.56 Å². The predicted molar refractivity (Wildman–Crippen MR) is 184 cm³/mol. The highest BCUT2D eigenvalue weighted by molar-refractivity contribution is 7.80. The minimum atomic E-state index is -7.22. The standard InChI is InChI=1S/C24BF20.C14H11NS2/c26-5-1(6(27)14(35)21(42)13(5)34)25(2-7(28)15(36)22(43)16(37)8(2)29,3-9(30)17(38)23(44)18(39)10(3)31)4-11(32)19(40)24(45)20(41)12(4)33;16-12-7-5-11(6-8-12)9-15-10-17-14-4-2-1-3-13(14)15/h;1-8,10H,9H2/q-1;/p+1. The number of nitrogens with zero attached hydrogens (tertiary/aromatic N) is 1. The fraction of sp³-hybridized carbons (Fsp3) is 0.0263. The molecule has 0 fully saturated rings. The Labute approximate surface area is 341 Å². The fourth-order valence-electron chi connectivity index (χ4n) is 6.77. The first-order valence-corrected chi connectivity index (χ1v) is 17.7. The van der Waals surface area contributed by atoms with E-state index in [0.29, 0.717) is 0 Å². The number of rotatable bonds is 6. The van der Waals surface area contributed by atoms with Crippen LogP contribution in [0.25, 0.3) is 10.2 Å². The number of hydrogen-bond donors (Lipinski definition) is 1. The largest absolute Gasteiger partial charge is 0.226 e. The number of fused-ring (bicyclic) bond motifs is 1. The normalized spacial score (nSPS) is 11.7. The van der Waals surface area contributed by atoms with Gasteiger partial charge in [-0.1, -0.05) is 35.6 Å². The van der Waals surface area contributed by atoms with Crippen LogP contribution in [0.2, 0.25) is 0 Å². The summed E-state index contributed by atoms with van der Waals surface area (Å²) in [5, 5.41) is 0. The van der Waals surface area contributed by atoms with E-state index in [1.54, 1.807) is 11.3 Å². The first-order valence-electron chi connectivity index (χ1n) is 16.4. The molecule has 0 amide bonds. The van der Waals surface area contributed by atoms with Gasteiger partial charge in [0, 0.05) is 16.5 Å². The zero-order chi connectivity index (χ0) is 46.0. The van der Waals surface area contributed by atoms with Crippen molar-refractivity contribution >= 4 is 62.2 Å². The van der Waals surface area contributed by atoms with E-state index >= 15 is 35.1 Å². The summed E-state index contributed by atoms with van der Waals surface area (Å²) in [6, 6.07) is 16.8. The number of aromatic nitrogens is 1. The van der Waals surface area contributed by atoms with E-state index in [-0.39, 0.29) is 0 Å². The van der Waals surface area contributed by atoms with Crippen molar-refractivity contribution in [1.82, 2.24) is 0 Å². The SMILES string of the molecule is Fc1c(F)c(F)c([B-](c2c(F)c(F)c(F)c(F)c2F)(c2c(F)c(F)c(F)c(F)c2F)c2c(F)c(F)c(F)c(F)c2F)c(F)c1F.Sc1ccc(C[n+]2csc3ccccc32)cc1. The topological polar surface area (TPSA) is 3.88 Å². The van der Waals surface area contributed by atoms with E-state index in [4.69, 9.17) is 0 Å². The zero-order valence-corrected chi connectivity index (χ0v) is 31.1. The molecule has 1 heterocycles. The lowest BCUT2D eigenvalue weighted by Crippen LogP contribution is -2.81. The van der Waals surface area contributed by atoms with Gasteiger partial charge < -0.3 is 0 Å². The molecule has 7 rings (SSSR count). The van der Waals surface area contributed by atoms with Crippen LogP contribution in [0.5, 0.6) is 0 Å². The van der Waals surface area contributed by atoms with Gasteiger partial charge in [0.1, 0.15) is 57.4 Å². The first kappa shape index (κ1) is 45.7. The van der Waals surface area contributed by atoms with Crippen molar-refractivity contribution in [2.24, 2.45) is 0 Å². The van der Waals surface area contributed by atoms with Crippen molar-refractivity contribution in [3.63, 3.8) is 0 Å². The van der Waals surface area contributed by atoms with E-state index in [9.17, 15) is 52.7 Å². The third-order valence-corrected chi connectivity index (χ3v) is 10.7. The van der Waals surface area contributed by atoms with Crippen LogP contribution in [-0.2, 0) is 6.54 Å². The molecule has 0 saturated heterocycles. The number of hydrogen-bond acceptors (Lipinski definition) is 2. The number of para-hydroxylation sites is 1. The number of thiol groups is 1. The molecule has 0 bridgehead atoms. The van der Waals surface area contributed by atoms with Crippen LogP contribution >= 0.6 is 24.0 Å². The Morgan fingerprint density at radius 2 is 0.645 bits per heavy atom. The number of benzene rings is 6. The van der Waals surface area contributed by atoms with Gasteiger partial charge in [0.2, 0.25) is 11.0 Å². The lowest BCUT2D eigenvalue weighted by atomic mass is 9.12. The molecule has 1 nitrogen and oxygen atoms in total. The average Bonchev–Trinajstić information content (AvgIpc) is 3.66. The van der Waals surface area contributed by atoms with Crippen molar-refractivity contribution in [2.45, 2.75) is 11.4 Å². The Balaban J connectivity index is 0.000000311. The van der Waals surface area contributed by atoms with Gasteiger partial charge in [0.05, 0.1) is 0 Å². The van der Waals surface area contributed by atoms with Crippen molar-refractivity contribution in [1.29, 1.82) is 0 Å². The van der Waals surface area contributed by atoms with Crippen LogP contribution < -0.4 is 26.4 Å². The van der Waals surface area contributed by atoms with Crippen molar-refractivity contribution in [2.75, 3.05) is 0 Å². The molecular weight excluding hydrogens is 925 g/mol. The molecule has 0 aliphatic rings. The maximum absolute atomic E-state index is 15.4. The van der Waals surface area contributed by atoms with Crippen LogP contribution in [-0.4, -0.2) is 6.15 Å². The smallest absolute Gasteiger partial charge is 0.207 e. The van der Waals surface area contributed by atoms with E-state index < -0.39 is 144 Å². The molecule has 6 aromatic carbocycles. The monoisotopic (exact) mass is 937 g/mol. The maximum Gasteiger partial charge on any atom is 0.226 e. The van der Waals surface area contributed by atoms with Gasteiger partial charge in [-0.05, 0) is 18.2 Å². The molecule has 0 aliphatic heterocycles. The second-order valence-electron chi connectivity index (χ2n) is 12.8. The molecule has 62 heavy (non-hydrogen) atoms. The van der Waals surface area contributed by atoms with Crippen LogP contribution in [0.4, 0.5) is 87.8 Å². The van der Waals surface area contributed by atoms with E-state index in [0.717, 1.165) is 11.4 Å². The summed E-state index contributed by atoms with van der Waals surface area (Å²) in [7, 11) is 0. The molecule has 1 aromatic heterocycles. The molecule has 24 heteroatoms. The summed E-state index contributed by atoms with van der Waals surface area (Å²) in [6.45, 7) is 0.915. The molecule has 0 spiro atoms. The lowest BCUT2D eigenvalue weighted by molar-refractivity contribution is -0.658. The summed E-state index contributed by atoms with van der Waals surface area (Å²) in [5.41, 5.74) is -9.55. The molecule has 7 aromatic rings. The van der Waals surface area contributed by atoms with Crippen molar-refractivity contribution in [3.05, 3.63) is 176 Å². The van der Waals surface area contributed by atoms with Gasteiger partial charge in [-0.3, -0.25) is 0 Å². The second-order valence-corrected chi connectivity index (χ2v) is 14.2. The highest BCUT2D eigenvalue weighted by Crippen LogP contribution is 2.31. The Hall–Kier alpha value is -5.78. The molecule has 0 atom stereocenters. The molecule has 0 N–H and O–H groups in total. The Bertz CT molecular complexity index is 2580. The summed E-state index contributed by atoms with van der Waals surface area (Å²) in [6.07, 6.45) is -7.22. The molecule has 0 saturated carbocycles. The van der Waals surface area contributed by atoms with Gasteiger partial charge in [-0.25, -0.2) is 87.8 Å². The summed E-state index contributed by atoms with van der Waals surface area (Å²) < 4.78 is 298. The van der Waals surface area contributed by atoms with E-state index in [1.807, 2.05) is 12.1 Å². The van der Waals surface area contributed by atoms with E-state index in [2.05, 4.69) is 59.1 Å². The van der Waals surface area contributed by atoms with Crippen LogP contribution in [0.3, 0.4) is 0 Å². The average molecular weight is 937 g/mol. The van der Waals surface area contributed by atoms with Crippen LogP contribution in [0, 0.1) is 116 Å². The number of halogens is 20. The highest BCUT2D eigenvalue weighted by Gasteiger charge is 2.52. The minimum Gasteiger partial charge on any atom is -0.207 e. The molecule has 0 aliphatic carbocycles. The Kier molecular flexibility index (Phi) is 12.4. The third kappa shape index (κ3) is 6.99. The van der Waals surface area contributed by atoms with Gasteiger partial charge >= 0.3 is 0 Å². The van der Waals surface area contributed by atoms with Crippen molar-refractivity contribution in [3.8, 4) is 0 Å². The second kappa shape index (κ2) is 16.8. The van der Waals surface area contributed by atoms with E-state index in [1.165, 1.54) is 15.8 Å². The summed E-state index contributed by atoms with van der Waals surface area (Å²) >= 11 is 6.08. The molecule has 0 radical (unpaired) electrons. The highest BCUT2D eigenvalue weighted by atomic mass is 32.1. The molecular formula is C38H12BF20NS2. The predicted octanol–water partition coefficient (Wildman–Crippen LogP) is 9.37. The quantitative estimate of drug-likeness (QED) is 0.0424. The summed E-state index contributed by atoms with van der Waals surface area (Å²) in [4.78, 5) is 1.01. The molecule has 0 unspecified atom stereocenters. The minimum absolute atomic E-state index is 0.915. The van der Waals surface area contributed by atoms with Crippen molar-refractivity contribution < 1.29 is 92.4 Å². The van der Waals surface area contributed by atoms with Gasteiger partial charge in [0.25, 0.3) is 0 Å². The maximum atomic E-state index is 15.4. The van der Waals surface area contributed by atoms with Gasteiger partial charge in [-0.2, -0.15) is 4.57 Å². The third-order valence-electron chi connectivity index (χ3n) is 9.48. The Morgan fingerprint density at radius 3 is 0.952 bits per heavy atom. The van der Waals surface area contributed by atoms with Crippen LogP contribution in [0.15, 0.2) is 58.9 Å². The Morgan fingerprint density at radius 1 is 0.371 bits per heavy atom.